The third-order valence-electron chi connectivity index (χ3n) is 3.45. The van der Waals surface area contributed by atoms with Gasteiger partial charge in [0.2, 0.25) is 0 Å². The lowest BCUT2D eigenvalue weighted by molar-refractivity contribution is 0.230. The fourth-order valence-electron chi connectivity index (χ4n) is 2.61. The summed E-state index contributed by atoms with van der Waals surface area (Å²) in [7, 11) is 0. The van der Waals surface area contributed by atoms with Crippen molar-refractivity contribution in [2.75, 3.05) is 19.7 Å². The Morgan fingerprint density at radius 2 is 2.24 bits per heavy atom. The summed E-state index contributed by atoms with van der Waals surface area (Å²) in [5, 5.41) is 8.79. The van der Waals surface area contributed by atoms with E-state index in [-0.39, 0.29) is 12.4 Å². The third kappa shape index (κ3) is 3.27. The summed E-state index contributed by atoms with van der Waals surface area (Å²) in [5.74, 6) is -0.148. The maximum absolute atomic E-state index is 13.2. The van der Waals surface area contributed by atoms with Crippen LogP contribution in [0, 0.1) is 5.82 Å². The number of aliphatic hydroxyl groups excluding tert-OH is 1. The van der Waals surface area contributed by atoms with Crippen LogP contribution in [0.4, 0.5) is 4.39 Å². The van der Waals surface area contributed by atoms with Crippen molar-refractivity contribution in [3.63, 3.8) is 0 Å². The van der Waals surface area contributed by atoms with Gasteiger partial charge in [0.1, 0.15) is 5.82 Å². The molecule has 2 nitrogen and oxygen atoms in total. The van der Waals surface area contributed by atoms with E-state index in [9.17, 15) is 4.39 Å². The zero-order valence-electron chi connectivity index (χ0n) is 10.1. The minimum Gasteiger partial charge on any atom is -0.396 e. The van der Waals surface area contributed by atoms with Gasteiger partial charge in [0.05, 0.1) is 0 Å². The zero-order chi connectivity index (χ0) is 12.1. The van der Waals surface area contributed by atoms with Crippen molar-refractivity contribution in [1.82, 2.24) is 4.90 Å². The van der Waals surface area contributed by atoms with E-state index < -0.39 is 0 Å². The zero-order valence-corrected chi connectivity index (χ0v) is 10.1. The smallest absolute Gasteiger partial charge is 0.123 e. The second-order valence-electron chi connectivity index (χ2n) is 4.68. The Hall–Kier alpha value is -0.930. The van der Waals surface area contributed by atoms with Crippen LogP contribution >= 0.6 is 0 Å². The van der Waals surface area contributed by atoms with Crippen molar-refractivity contribution in [2.45, 2.75) is 31.7 Å². The van der Waals surface area contributed by atoms with E-state index in [0.29, 0.717) is 6.04 Å². The number of aliphatic hydroxyl groups is 1. The monoisotopic (exact) mass is 237 g/mol. The highest BCUT2D eigenvalue weighted by atomic mass is 19.1. The molecule has 94 valence electrons. The van der Waals surface area contributed by atoms with Gasteiger partial charge in [-0.1, -0.05) is 12.1 Å². The highest BCUT2D eigenvalue weighted by Gasteiger charge is 2.25. The lowest BCUT2D eigenvalue weighted by Crippen LogP contribution is -2.24. The van der Waals surface area contributed by atoms with Gasteiger partial charge < -0.3 is 5.11 Å². The average Bonchev–Trinajstić information content (AvgIpc) is 2.78. The predicted octanol–water partition coefficient (Wildman–Crippen LogP) is 2.74. The predicted molar refractivity (Wildman–Crippen MR) is 66.3 cm³/mol. The van der Waals surface area contributed by atoms with E-state index in [4.69, 9.17) is 5.11 Å². The van der Waals surface area contributed by atoms with Gasteiger partial charge in [0.25, 0.3) is 0 Å². The molecule has 1 N–H and O–H groups in total. The molecule has 0 aliphatic carbocycles. The van der Waals surface area contributed by atoms with Gasteiger partial charge in [0, 0.05) is 12.6 Å². The van der Waals surface area contributed by atoms with Crippen LogP contribution in [0.15, 0.2) is 24.3 Å². The number of rotatable bonds is 5. The van der Waals surface area contributed by atoms with Crippen LogP contribution in [0.5, 0.6) is 0 Å². The van der Waals surface area contributed by atoms with Gasteiger partial charge in [-0.25, -0.2) is 4.39 Å². The molecule has 0 radical (unpaired) electrons. The Bertz CT molecular complexity index is 356. The van der Waals surface area contributed by atoms with Gasteiger partial charge in [-0.2, -0.15) is 0 Å². The molecule has 17 heavy (non-hydrogen) atoms. The second kappa shape index (κ2) is 6.12. The lowest BCUT2D eigenvalue weighted by Gasteiger charge is -2.24. The van der Waals surface area contributed by atoms with Gasteiger partial charge in [-0.15, -0.1) is 0 Å². The van der Waals surface area contributed by atoms with Crippen molar-refractivity contribution < 1.29 is 9.50 Å². The first-order valence-corrected chi connectivity index (χ1v) is 6.41. The van der Waals surface area contributed by atoms with Gasteiger partial charge >= 0.3 is 0 Å². The Kier molecular flexibility index (Phi) is 4.51. The quantitative estimate of drug-likeness (QED) is 0.796. The molecule has 1 aliphatic rings. The van der Waals surface area contributed by atoms with E-state index in [1.807, 2.05) is 6.07 Å². The van der Waals surface area contributed by atoms with Crippen LogP contribution in [0.1, 0.15) is 37.3 Å². The first-order valence-electron chi connectivity index (χ1n) is 6.41. The summed E-state index contributed by atoms with van der Waals surface area (Å²) >= 11 is 0. The number of hydrogen-bond donors (Lipinski definition) is 1. The minimum absolute atomic E-state index is 0.148. The molecule has 3 heteroatoms. The molecule has 1 fully saturated rings. The van der Waals surface area contributed by atoms with E-state index >= 15 is 0 Å². The molecule has 0 saturated carbocycles. The molecular weight excluding hydrogens is 217 g/mol. The molecule has 1 saturated heterocycles. The van der Waals surface area contributed by atoms with Crippen molar-refractivity contribution in [3.05, 3.63) is 35.6 Å². The molecule has 1 aromatic carbocycles. The maximum Gasteiger partial charge on any atom is 0.123 e. The summed E-state index contributed by atoms with van der Waals surface area (Å²) in [4.78, 5) is 2.41. The van der Waals surface area contributed by atoms with E-state index in [1.54, 1.807) is 12.1 Å². The highest BCUT2D eigenvalue weighted by Crippen LogP contribution is 2.32. The average molecular weight is 237 g/mol. The first kappa shape index (κ1) is 12.5. The van der Waals surface area contributed by atoms with Crippen LogP contribution in [0.2, 0.25) is 0 Å². The molecule has 1 atom stereocenters. The van der Waals surface area contributed by atoms with Crippen molar-refractivity contribution in [2.24, 2.45) is 0 Å². The highest BCUT2D eigenvalue weighted by molar-refractivity contribution is 5.21. The topological polar surface area (TPSA) is 23.5 Å². The SMILES string of the molecule is OCCCCN1CCCC1c1cccc(F)c1. The molecule has 0 aromatic heterocycles. The van der Waals surface area contributed by atoms with Crippen molar-refractivity contribution >= 4 is 0 Å². The van der Waals surface area contributed by atoms with Gasteiger partial charge in [-0.3, -0.25) is 4.90 Å². The molecule has 1 aliphatic heterocycles. The lowest BCUT2D eigenvalue weighted by atomic mass is 10.0. The number of unbranched alkanes of at least 4 members (excludes halogenated alkanes) is 1. The van der Waals surface area contributed by atoms with E-state index in [1.165, 1.54) is 12.5 Å². The molecule has 0 amide bonds. The van der Waals surface area contributed by atoms with Crippen LogP contribution in [-0.4, -0.2) is 29.7 Å². The van der Waals surface area contributed by atoms with Crippen LogP contribution in [0.25, 0.3) is 0 Å². The molecule has 1 heterocycles. The summed E-state index contributed by atoms with van der Waals surface area (Å²) < 4.78 is 13.2. The Morgan fingerprint density at radius 1 is 1.35 bits per heavy atom. The van der Waals surface area contributed by atoms with Crippen LogP contribution in [-0.2, 0) is 0 Å². The van der Waals surface area contributed by atoms with Gasteiger partial charge in [-0.05, 0) is 56.5 Å². The van der Waals surface area contributed by atoms with Crippen LogP contribution < -0.4 is 0 Å². The summed E-state index contributed by atoms with van der Waals surface area (Å²) in [6, 6.07) is 7.31. The Labute approximate surface area is 102 Å². The normalized spacial score (nSPS) is 20.9. The number of likely N-dealkylation sites (tertiary alicyclic amines) is 1. The fourth-order valence-corrected chi connectivity index (χ4v) is 2.61. The summed E-state index contributed by atoms with van der Waals surface area (Å²) in [6.45, 7) is 2.35. The molecular formula is C14H20FNO. The van der Waals surface area contributed by atoms with Crippen molar-refractivity contribution in [3.8, 4) is 0 Å². The fraction of sp³-hybridized carbons (Fsp3) is 0.571. The number of hydrogen-bond acceptors (Lipinski definition) is 2. The summed E-state index contributed by atoms with van der Waals surface area (Å²) in [6.07, 6.45) is 4.16. The van der Waals surface area contributed by atoms with Crippen molar-refractivity contribution in [1.29, 1.82) is 0 Å². The Morgan fingerprint density at radius 3 is 3.00 bits per heavy atom. The largest absolute Gasteiger partial charge is 0.396 e. The molecule has 1 unspecified atom stereocenters. The minimum atomic E-state index is -0.148. The number of nitrogens with zero attached hydrogens (tertiary/aromatic N) is 1. The van der Waals surface area contributed by atoms with Gasteiger partial charge in [0.15, 0.2) is 0 Å². The molecule has 2 rings (SSSR count). The molecule has 1 aromatic rings. The Balaban J connectivity index is 1.99. The number of benzene rings is 1. The first-order chi connectivity index (χ1) is 8.31. The standard InChI is InChI=1S/C14H20FNO/c15-13-6-3-5-12(11-13)14-7-4-9-16(14)8-1-2-10-17/h3,5-6,11,14,17H,1-2,4,7-10H2. The maximum atomic E-state index is 13.2. The van der Waals surface area contributed by atoms with E-state index in [0.717, 1.165) is 37.9 Å². The van der Waals surface area contributed by atoms with Crippen LogP contribution in [0.3, 0.4) is 0 Å². The third-order valence-corrected chi connectivity index (χ3v) is 3.45. The van der Waals surface area contributed by atoms with E-state index in [2.05, 4.69) is 4.90 Å². The number of halogens is 1. The second-order valence-corrected chi connectivity index (χ2v) is 4.68. The summed E-state index contributed by atoms with van der Waals surface area (Å²) in [5.41, 5.74) is 1.09. The molecule has 0 spiro atoms. The molecule has 0 bridgehead atoms.